The van der Waals surface area contributed by atoms with Crippen LogP contribution >= 0.6 is 27.3 Å². The molecule has 0 saturated heterocycles. The van der Waals surface area contributed by atoms with Crippen LogP contribution in [0.25, 0.3) is 34.3 Å². The Morgan fingerprint density at radius 2 is 1.54 bits per heavy atom. The van der Waals surface area contributed by atoms with Gasteiger partial charge in [0, 0.05) is 15.7 Å². The van der Waals surface area contributed by atoms with Crippen molar-refractivity contribution in [2.24, 2.45) is 4.99 Å². The lowest BCUT2D eigenvalue weighted by Gasteiger charge is -2.24. The molecular weight excluding hydrogens is 710 g/mol. The highest BCUT2D eigenvalue weighted by Gasteiger charge is 2.33. The second kappa shape index (κ2) is 14.3. The molecule has 9 heteroatoms. The summed E-state index contributed by atoms with van der Waals surface area (Å²) in [5, 5.41) is 0. The molecule has 1 aliphatic heterocycles. The van der Waals surface area contributed by atoms with E-state index in [0.717, 1.165) is 43.8 Å². The largest absolute Gasteiger partial charge is 0.494 e. The summed E-state index contributed by atoms with van der Waals surface area (Å²) < 4.78 is 16.5. The van der Waals surface area contributed by atoms with Gasteiger partial charge in [0.05, 0.1) is 46.4 Å². The first-order chi connectivity index (χ1) is 24.4. The third-order valence-corrected chi connectivity index (χ3v) is 10.1. The summed E-state index contributed by atoms with van der Waals surface area (Å²) >= 11 is 4.90. The van der Waals surface area contributed by atoms with E-state index >= 15 is 0 Å². The van der Waals surface area contributed by atoms with Gasteiger partial charge in [-0.05, 0) is 86.0 Å². The zero-order valence-electron chi connectivity index (χ0n) is 27.8. The summed E-state index contributed by atoms with van der Waals surface area (Å²) in [6.07, 6.45) is 1.95. The maximum absolute atomic E-state index is 14.6. The van der Waals surface area contributed by atoms with E-state index in [1.54, 1.807) is 18.4 Å². The standard InChI is InChI=1S/C41H34BrN3O4S/c1-4-48-33-22-16-29(17-23-33)38-36(40(47)49-5-2)26(3)43-41-45(38)39(46)35(50-41)25-30-24-34(27-12-8-6-9-13-27)44(32-20-18-31(42)19-21-32)37(30)28-14-10-7-11-15-28/h6-25,38H,4-5H2,1-3H3/b35-25-/t38-/m1/s1. The number of carbonyl (C=O) groups excluding carboxylic acids is 1. The summed E-state index contributed by atoms with van der Waals surface area (Å²) in [7, 11) is 0. The van der Waals surface area contributed by atoms with Gasteiger partial charge < -0.3 is 14.0 Å². The normalized spacial score (nSPS) is 14.3. The molecule has 7 rings (SSSR count). The van der Waals surface area contributed by atoms with Gasteiger partial charge in [0.2, 0.25) is 0 Å². The first-order valence-corrected chi connectivity index (χ1v) is 18.0. The van der Waals surface area contributed by atoms with Crippen LogP contribution < -0.4 is 19.6 Å². The molecule has 7 nitrogen and oxygen atoms in total. The van der Waals surface area contributed by atoms with E-state index in [1.165, 1.54) is 11.3 Å². The molecule has 1 atom stereocenters. The molecule has 0 amide bonds. The molecule has 0 unspecified atom stereocenters. The summed E-state index contributed by atoms with van der Waals surface area (Å²) in [6.45, 7) is 6.22. The molecule has 0 aliphatic carbocycles. The van der Waals surface area contributed by atoms with Crippen molar-refractivity contribution in [3.05, 3.63) is 162 Å². The number of nitrogens with zero attached hydrogens (tertiary/aromatic N) is 3. The van der Waals surface area contributed by atoms with Gasteiger partial charge in [0.1, 0.15) is 5.75 Å². The lowest BCUT2D eigenvalue weighted by atomic mass is 9.96. The Hall–Kier alpha value is -5.25. The Balaban J connectivity index is 1.48. The van der Waals surface area contributed by atoms with E-state index in [0.29, 0.717) is 33.0 Å². The maximum atomic E-state index is 14.6. The molecule has 3 heterocycles. The number of allylic oxidation sites excluding steroid dienone is 1. The fourth-order valence-electron chi connectivity index (χ4n) is 6.37. The van der Waals surface area contributed by atoms with Crippen LogP contribution in [-0.4, -0.2) is 28.3 Å². The maximum Gasteiger partial charge on any atom is 0.338 e. The molecule has 0 saturated carbocycles. The van der Waals surface area contributed by atoms with Crippen molar-refractivity contribution >= 4 is 39.3 Å². The van der Waals surface area contributed by atoms with Crippen molar-refractivity contribution in [2.45, 2.75) is 26.8 Å². The van der Waals surface area contributed by atoms with Gasteiger partial charge in [-0.1, -0.05) is 100 Å². The van der Waals surface area contributed by atoms with E-state index in [-0.39, 0.29) is 12.2 Å². The predicted octanol–water partition coefficient (Wildman–Crippen LogP) is 8.08. The molecular formula is C41H34BrN3O4S. The predicted molar refractivity (Wildman–Crippen MR) is 202 cm³/mol. The number of thiazole rings is 1. The average Bonchev–Trinajstić information content (AvgIpc) is 3.66. The molecule has 0 N–H and O–H groups in total. The molecule has 0 radical (unpaired) electrons. The summed E-state index contributed by atoms with van der Waals surface area (Å²) in [5.41, 5.74) is 7.22. The number of halogens is 1. The number of esters is 1. The molecule has 4 aromatic carbocycles. The van der Waals surface area contributed by atoms with Crippen LogP contribution in [0.2, 0.25) is 0 Å². The van der Waals surface area contributed by atoms with Gasteiger partial charge in [-0.3, -0.25) is 9.36 Å². The van der Waals surface area contributed by atoms with E-state index in [4.69, 9.17) is 14.5 Å². The highest BCUT2D eigenvalue weighted by molar-refractivity contribution is 9.10. The Morgan fingerprint density at radius 3 is 2.18 bits per heavy atom. The highest BCUT2D eigenvalue weighted by atomic mass is 79.9. The number of hydrogen-bond donors (Lipinski definition) is 0. The number of rotatable bonds is 9. The smallest absolute Gasteiger partial charge is 0.338 e. The third-order valence-electron chi connectivity index (χ3n) is 8.54. The Labute approximate surface area is 302 Å². The fourth-order valence-corrected chi connectivity index (χ4v) is 7.67. The number of carbonyl (C=O) groups is 1. The van der Waals surface area contributed by atoms with Gasteiger partial charge in [-0.2, -0.15) is 0 Å². The fraction of sp³-hybridized carbons (Fsp3) is 0.146. The van der Waals surface area contributed by atoms with Gasteiger partial charge >= 0.3 is 5.97 Å². The highest BCUT2D eigenvalue weighted by Crippen LogP contribution is 2.37. The van der Waals surface area contributed by atoms with Crippen LogP contribution in [0.4, 0.5) is 0 Å². The molecule has 250 valence electrons. The molecule has 2 aromatic heterocycles. The van der Waals surface area contributed by atoms with Crippen molar-refractivity contribution in [2.75, 3.05) is 13.2 Å². The molecule has 50 heavy (non-hydrogen) atoms. The Morgan fingerprint density at radius 1 is 0.880 bits per heavy atom. The zero-order chi connectivity index (χ0) is 34.8. The minimum atomic E-state index is -0.719. The first-order valence-electron chi connectivity index (χ1n) is 16.4. The molecule has 0 bridgehead atoms. The van der Waals surface area contributed by atoms with E-state index in [9.17, 15) is 9.59 Å². The van der Waals surface area contributed by atoms with E-state index < -0.39 is 12.0 Å². The third kappa shape index (κ3) is 6.30. The SMILES string of the molecule is CCOC(=O)C1=C(C)N=c2s/c(=C\c3cc(-c4ccccc4)n(-c4ccc(Br)cc4)c3-c3ccccc3)c(=O)n2[C@@H]1c1ccc(OCC)cc1. The number of fused-ring (bicyclic) bond motifs is 1. The van der Waals surface area contributed by atoms with Crippen molar-refractivity contribution in [1.29, 1.82) is 0 Å². The van der Waals surface area contributed by atoms with Crippen LogP contribution in [0.3, 0.4) is 0 Å². The molecule has 1 aliphatic rings. The Bertz CT molecular complexity index is 2390. The molecule has 0 spiro atoms. The van der Waals surface area contributed by atoms with E-state index in [1.807, 2.05) is 85.8 Å². The van der Waals surface area contributed by atoms with Gasteiger partial charge in [0.25, 0.3) is 5.56 Å². The van der Waals surface area contributed by atoms with E-state index in [2.05, 4.69) is 63.0 Å². The van der Waals surface area contributed by atoms with Crippen LogP contribution in [-0.2, 0) is 9.53 Å². The second-order valence-electron chi connectivity index (χ2n) is 11.7. The Kier molecular flexibility index (Phi) is 9.52. The van der Waals surface area contributed by atoms with Crippen LogP contribution in [0.1, 0.15) is 37.9 Å². The summed E-state index contributed by atoms with van der Waals surface area (Å²) in [5.74, 6) is 0.215. The van der Waals surface area contributed by atoms with Gasteiger partial charge in [0.15, 0.2) is 4.80 Å². The van der Waals surface area contributed by atoms with Gasteiger partial charge in [-0.25, -0.2) is 9.79 Å². The van der Waals surface area contributed by atoms with Crippen molar-refractivity contribution < 1.29 is 14.3 Å². The summed E-state index contributed by atoms with van der Waals surface area (Å²) in [6, 6.07) is 37.6. The average molecular weight is 745 g/mol. The lowest BCUT2D eigenvalue weighted by molar-refractivity contribution is -0.139. The minimum absolute atomic E-state index is 0.206. The van der Waals surface area contributed by atoms with Gasteiger partial charge in [-0.15, -0.1) is 0 Å². The number of hydrogen-bond acceptors (Lipinski definition) is 6. The monoisotopic (exact) mass is 743 g/mol. The summed E-state index contributed by atoms with van der Waals surface area (Å²) in [4.78, 5) is 33.3. The quantitative estimate of drug-likeness (QED) is 0.140. The molecule has 0 fully saturated rings. The second-order valence-corrected chi connectivity index (χ2v) is 13.6. The topological polar surface area (TPSA) is 74.8 Å². The molecule has 6 aromatic rings. The van der Waals surface area contributed by atoms with Crippen molar-refractivity contribution in [3.63, 3.8) is 0 Å². The van der Waals surface area contributed by atoms with Crippen LogP contribution in [0.5, 0.6) is 5.75 Å². The minimum Gasteiger partial charge on any atom is -0.494 e. The van der Waals surface area contributed by atoms with Crippen LogP contribution in [0, 0.1) is 0 Å². The number of benzene rings is 4. The van der Waals surface area contributed by atoms with Crippen LogP contribution in [0.15, 0.2) is 141 Å². The lowest BCUT2D eigenvalue weighted by Crippen LogP contribution is -2.39. The number of aromatic nitrogens is 2. The van der Waals surface area contributed by atoms with Crippen molar-refractivity contribution in [3.8, 4) is 34.0 Å². The van der Waals surface area contributed by atoms with Crippen molar-refractivity contribution in [1.82, 2.24) is 9.13 Å². The zero-order valence-corrected chi connectivity index (χ0v) is 30.2. The number of ether oxygens (including phenoxy) is 2. The first kappa shape index (κ1) is 33.3.